The number of thioether (sulfide) groups is 1. The number of hydrogen-bond donors (Lipinski definition) is 1. The van der Waals surface area contributed by atoms with Gasteiger partial charge in [0.05, 0.1) is 0 Å². The highest BCUT2D eigenvalue weighted by Gasteiger charge is 2.20. The van der Waals surface area contributed by atoms with Crippen LogP contribution in [0.1, 0.15) is 11.3 Å². The molecule has 110 valence electrons. The zero-order chi connectivity index (χ0) is 14.5. The summed E-state index contributed by atoms with van der Waals surface area (Å²) in [5, 5.41) is 8.78. The van der Waals surface area contributed by atoms with Crippen LogP contribution in [0, 0.1) is 0 Å². The molecule has 1 aromatic heterocycles. The molecule has 1 fully saturated rings. The number of aromatic nitrogens is 2. The van der Waals surface area contributed by atoms with Gasteiger partial charge in [-0.1, -0.05) is 42.1 Å². The van der Waals surface area contributed by atoms with Crippen LogP contribution in [-0.2, 0) is 19.9 Å². The lowest BCUT2D eigenvalue weighted by atomic mass is 10.1. The molecular formula is C16H20N4S. The van der Waals surface area contributed by atoms with Crippen molar-refractivity contribution in [2.75, 3.05) is 12.3 Å². The van der Waals surface area contributed by atoms with E-state index in [-0.39, 0.29) is 0 Å². The van der Waals surface area contributed by atoms with Crippen LogP contribution in [0.4, 0.5) is 0 Å². The fraction of sp³-hybridized carbons (Fsp3) is 0.375. The van der Waals surface area contributed by atoms with Crippen LogP contribution in [0.3, 0.4) is 0 Å². The minimum Gasteiger partial charge on any atom is -0.361 e. The van der Waals surface area contributed by atoms with E-state index in [1.54, 1.807) is 0 Å². The number of aryl methyl sites for hydroxylation is 1. The Bertz CT molecular complexity index is 606. The molecule has 1 aliphatic rings. The molecule has 0 radical (unpaired) electrons. The van der Waals surface area contributed by atoms with Crippen molar-refractivity contribution in [1.29, 1.82) is 0 Å². The number of nitrogens with zero attached hydrogens (tertiary/aromatic N) is 3. The van der Waals surface area contributed by atoms with Crippen LogP contribution in [-0.4, -0.2) is 33.3 Å². The highest BCUT2D eigenvalue weighted by molar-refractivity contribution is 8.14. The van der Waals surface area contributed by atoms with Crippen molar-refractivity contribution in [1.82, 2.24) is 15.1 Å². The van der Waals surface area contributed by atoms with Crippen LogP contribution in [0.15, 0.2) is 47.6 Å². The van der Waals surface area contributed by atoms with Crippen molar-refractivity contribution in [3.05, 3.63) is 53.9 Å². The van der Waals surface area contributed by atoms with Crippen molar-refractivity contribution in [3.8, 4) is 0 Å². The Morgan fingerprint density at radius 1 is 1.33 bits per heavy atom. The Labute approximate surface area is 129 Å². The van der Waals surface area contributed by atoms with Gasteiger partial charge >= 0.3 is 0 Å². The van der Waals surface area contributed by atoms with E-state index in [0.717, 1.165) is 30.3 Å². The molecule has 1 N–H and O–H groups in total. The number of benzene rings is 1. The van der Waals surface area contributed by atoms with Crippen LogP contribution < -0.4 is 5.32 Å². The largest absolute Gasteiger partial charge is 0.361 e. The molecule has 2 aromatic rings. The molecule has 1 aliphatic heterocycles. The summed E-state index contributed by atoms with van der Waals surface area (Å²) in [6.07, 6.45) is 3.83. The highest BCUT2D eigenvalue weighted by atomic mass is 32.2. The fourth-order valence-electron chi connectivity index (χ4n) is 2.46. The topological polar surface area (TPSA) is 42.2 Å². The molecule has 4 nitrogen and oxygen atoms in total. The molecule has 3 rings (SSSR count). The highest BCUT2D eigenvalue weighted by Crippen LogP contribution is 2.17. The van der Waals surface area contributed by atoms with Gasteiger partial charge in [0.25, 0.3) is 0 Å². The normalized spacial score (nSPS) is 19.9. The van der Waals surface area contributed by atoms with Gasteiger partial charge in [-0.15, -0.1) is 0 Å². The van der Waals surface area contributed by atoms with E-state index in [9.17, 15) is 0 Å². The fourth-order valence-corrected chi connectivity index (χ4v) is 3.45. The second-order valence-electron chi connectivity index (χ2n) is 5.23. The number of hydrogen-bond acceptors (Lipinski definition) is 3. The average Bonchev–Trinajstić information content (AvgIpc) is 3.10. The second kappa shape index (κ2) is 6.80. The summed E-state index contributed by atoms with van der Waals surface area (Å²) in [6, 6.07) is 13.2. The van der Waals surface area contributed by atoms with Crippen LogP contribution >= 0.6 is 11.8 Å². The molecule has 0 bridgehead atoms. The van der Waals surface area contributed by atoms with E-state index in [0.29, 0.717) is 6.04 Å². The van der Waals surface area contributed by atoms with Crippen molar-refractivity contribution < 1.29 is 0 Å². The lowest BCUT2D eigenvalue weighted by molar-refractivity contribution is 0.683. The van der Waals surface area contributed by atoms with Crippen molar-refractivity contribution in [3.63, 3.8) is 0 Å². The summed E-state index contributed by atoms with van der Waals surface area (Å²) in [6.45, 7) is 0.812. The molecule has 1 aromatic carbocycles. The zero-order valence-electron chi connectivity index (χ0n) is 12.2. The van der Waals surface area contributed by atoms with Gasteiger partial charge in [0, 0.05) is 43.7 Å². The van der Waals surface area contributed by atoms with Gasteiger partial charge in [-0.25, -0.2) is 0 Å². The molecule has 0 aliphatic carbocycles. The summed E-state index contributed by atoms with van der Waals surface area (Å²) in [4.78, 5) is 4.66. The Morgan fingerprint density at radius 3 is 2.95 bits per heavy atom. The molecule has 1 unspecified atom stereocenters. The summed E-state index contributed by atoms with van der Waals surface area (Å²) in [5.74, 6) is 1.10. The van der Waals surface area contributed by atoms with Crippen molar-refractivity contribution in [2.24, 2.45) is 12.0 Å². The Hall–Kier alpha value is -1.75. The first-order valence-electron chi connectivity index (χ1n) is 7.26. The quantitative estimate of drug-likeness (QED) is 0.921. The van der Waals surface area contributed by atoms with E-state index < -0.39 is 0 Å². The molecule has 0 spiro atoms. The maximum atomic E-state index is 4.66. The van der Waals surface area contributed by atoms with Gasteiger partial charge in [-0.3, -0.25) is 9.67 Å². The van der Waals surface area contributed by atoms with Gasteiger partial charge in [-0.05, 0) is 18.1 Å². The van der Waals surface area contributed by atoms with Crippen molar-refractivity contribution in [2.45, 2.75) is 18.9 Å². The maximum absolute atomic E-state index is 4.66. The molecule has 21 heavy (non-hydrogen) atoms. The molecule has 1 atom stereocenters. The summed E-state index contributed by atoms with van der Waals surface area (Å²) >= 11 is 1.83. The van der Waals surface area contributed by atoms with Gasteiger partial charge in [0.1, 0.15) is 0 Å². The van der Waals surface area contributed by atoms with E-state index in [1.165, 1.54) is 11.3 Å². The Balaban J connectivity index is 1.48. The molecular weight excluding hydrogens is 280 g/mol. The predicted molar refractivity (Wildman–Crippen MR) is 88.7 cm³/mol. The van der Waals surface area contributed by atoms with E-state index in [2.05, 4.69) is 45.7 Å². The molecule has 5 heteroatoms. The molecule has 0 amide bonds. The minimum absolute atomic E-state index is 0.493. The lowest BCUT2D eigenvalue weighted by Crippen LogP contribution is -2.29. The number of rotatable bonds is 5. The Morgan fingerprint density at radius 2 is 2.19 bits per heavy atom. The van der Waals surface area contributed by atoms with Crippen LogP contribution in [0.5, 0.6) is 0 Å². The minimum atomic E-state index is 0.493. The smallest absolute Gasteiger partial charge is 0.156 e. The predicted octanol–water partition coefficient (Wildman–Crippen LogP) is 2.27. The number of aliphatic imine (C=N–C) groups is 1. The maximum Gasteiger partial charge on any atom is 0.156 e. The lowest BCUT2D eigenvalue weighted by Gasteiger charge is -2.09. The van der Waals surface area contributed by atoms with Crippen molar-refractivity contribution >= 4 is 16.9 Å². The van der Waals surface area contributed by atoms with Gasteiger partial charge in [-0.2, -0.15) is 5.10 Å². The Kier molecular flexibility index (Phi) is 4.60. The van der Waals surface area contributed by atoms with Gasteiger partial charge < -0.3 is 5.32 Å². The third kappa shape index (κ3) is 3.88. The third-order valence-corrected chi connectivity index (χ3v) is 4.71. The van der Waals surface area contributed by atoms with Crippen LogP contribution in [0.25, 0.3) is 0 Å². The SMILES string of the molecule is Cn1nccc1CCN=C1NC(Cc2ccccc2)CS1. The first-order valence-corrected chi connectivity index (χ1v) is 8.24. The third-order valence-electron chi connectivity index (χ3n) is 3.62. The first kappa shape index (κ1) is 14.2. The van der Waals surface area contributed by atoms with Gasteiger partial charge in [0.2, 0.25) is 0 Å². The summed E-state index contributed by atoms with van der Waals surface area (Å²) in [7, 11) is 1.97. The van der Waals surface area contributed by atoms with E-state index in [4.69, 9.17) is 0 Å². The monoisotopic (exact) mass is 300 g/mol. The van der Waals surface area contributed by atoms with Crippen LogP contribution in [0.2, 0.25) is 0 Å². The number of nitrogens with one attached hydrogen (secondary N) is 1. The molecule has 2 heterocycles. The number of amidine groups is 1. The zero-order valence-corrected chi connectivity index (χ0v) is 13.0. The molecule has 1 saturated heterocycles. The van der Waals surface area contributed by atoms with E-state index in [1.807, 2.05) is 35.8 Å². The average molecular weight is 300 g/mol. The molecule has 0 saturated carbocycles. The van der Waals surface area contributed by atoms with E-state index >= 15 is 0 Å². The second-order valence-corrected chi connectivity index (χ2v) is 6.23. The summed E-state index contributed by atoms with van der Waals surface area (Å²) in [5.41, 5.74) is 2.61. The first-order chi connectivity index (χ1) is 10.3. The summed E-state index contributed by atoms with van der Waals surface area (Å²) < 4.78 is 1.91. The van der Waals surface area contributed by atoms with Gasteiger partial charge in [0.15, 0.2) is 5.17 Å². The standard InChI is InChI=1S/C16H20N4S/c1-20-15(8-10-18-20)7-9-17-16-19-14(12-21-16)11-13-5-3-2-4-6-13/h2-6,8,10,14H,7,9,11-12H2,1H3,(H,17,19).